The Morgan fingerprint density at radius 2 is 0.330 bits per heavy atom. The fraction of sp³-hybridized carbons (Fsp3) is 0.949. The van der Waals surface area contributed by atoms with E-state index >= 15 is 0 Å². The second kappa shape index (κ2) is 70.7. The van der Waals surface area contributed by atoms with E-state index in [1.165, 1.54) is 283 Å². The molecule has 0 aromatic carbocycles. The Morgan fingerprint density at radius 1 is 0.205 bits per heavy atom. The van der Waals surface area contributed by atoms with Gasteiger partial charge in [0.05, 0.1) is 13.2 Å². The van der Waals surface area contributed by atoms with E-state index in [0.29, 0.717) is 25.7 Å². The standard InChI is InChI=1S/C78H150O10/c1-5-9-13-17-21-25-29-33-37-41-45-49-53-57-61-65-73(81)85-71(69-79)77(87-75(83)67-63-59-55-51-47-43-39-35-31-27-23-19-15-11-7-3)78(88-76(84)68-64-60-56-52-48-44-40-36-32-28-24-20-16-12-8-4)72(70-80)86-74(82)66-62-58-54-50-46-42-38-34-30-26-22-18-14-10-6-2/h71-72,77-80H,5-70H2,1-4H3. The molecule has 0 rings (SSSR count). The van der Waals surface area contributed by atoms with Crippen LogP contribution in [0.5, 0.6) is 0 Å². The summed E-state index contributed by atoms with van der Waals surface area (Å²) in [5, 5.41) is 21.9. The van der Waals surface area contributed by atoms with Crippen LogP contribution in [0.4, 0.5) is 0 Å². The first kappa shape index (κ1) is 85.8. The highest BCUT2D eigenvalue weighted by Gasteiger charge is 2.44. The lowest BCUT2D eigenvalue weighted by Crippen LogP contribution is -2.54. The fourth-order valence-electron chi connectivity index (χ4n) is 12.6. The summed E-state index contributed by atoms with van der Waals surface area (Å²) >= 11 is 0. The molecule has 4 atom stereocenters. The number of aliphatic hydroxyl groups is 2. The molecule has 522 valence electrons. The molecule has 0 aromatic rings. The van der Waals surface area contributed by atoms with Gasteiger partial charge >= 0.3 is 23.9 Å². The lowest BCUT2D eigenvalue weighted by molar-refractivity contribution is -0.206. The molecule has 0 aliphatic heterocycles. The average Bonchev–Trinajstić information content (AvgIpc) is 3.38. The van der Waals surface area contributed by atoms with Gasteiger partial charge in [-0.3, -0.25) is 19.2 Å². The quantitative estimate of drug-likeness (QED) is 0.0343. The van der Waals surface area contributed by atoms with Crippen LogP contribution >= 0.6 is 0 Å². The summed E-state index contributed by atoms with van der Waals surface area (Å²) in [6.45, 7) is 7.61. The van der Waals surface area contributed by atoms with E-state index in [-0.39, 0.29) is 25.7 Å². The Morgan fingerprint density at radius 3 is 0.466 bits per heavy atom. The number of aliphatic hydroxyl groups excluding tert-OH is 2. The maximum atomic E-state index is 13.9. The normalized spacial score (nSPS) is 12.9. The molecule has 0 spiro atoms. The van der Waals surface area contributed by atoms with E-state index in [0.717, 1.165) is 77.0 Å². The van der Waals surface area contributed by atoms with Crippen molar-refractivity contribution in [2.45, 2.75) is 463 Å². The molecule has 88 heavy (non-hydrogen) atoms. The van der Waals surface area contributed by atoms with Crippen molar-refractivity contribution in [2.75, 3.05) is 13.2 Å². The molecule has 0 aromatic heterocycles. The molecule has 0 saturated carbocycles. The highest BCUT2D eigenvalue weighted by molar-refractivity contribution is 5.72. The molecule has 0 aliphatic carbocycles. The van der Waals surface area contributed by atoms with Gasteiger partial charge in [0.15, 0.2) is 24.4 Å². The van der Waals surface area contributed by atoms with Gasteiger partial charge in [-0.05, 0) is 25.7 Å². The predicted molar refractivity (Wildman–Crippen MR) is 372 cm³/mol. The van der Waals surface area contributed by atoms with Crippen molar-refractivity contribution in [3.05, 3.63) is 0 Å². The van der Waals surface area contributed by atoms with Gasteiger partial charge in [0.1, 0.15) is 0 Å². The van der Waals surface area contributed by atoms with Gasteiger partial charge < -0.3 is 29.2 Å². The van der Waals surface area contributed by atoms with Crippen molar-refractivity contribution in [1.82, 2.24) is 0 Å². The predicted octanol–water partition coefficient (Wildman–Crippen LogP) is 23.7. The first-order chi connectivity index (χ1) is 43.3. The Labute approximate surface area is 546 Å². The van der Waals surface area contributed by atoms with Crippen molar-refractivity contribution in [1.29, 1.82) is 0 Å². The molecule has 0 radical (unpaired) electrons. The Bertz CT molecular complexity index is 1350. The highest BCUT2D eigenvalue weighted by Crippen LogP contribution is 2.25. The van der Waals surface area contributed by atoms with Crippen molar-refractivity contribution in [3.8, 4) is 0 Å². The van der Waals surface area contributed by atoms with Crippen LogP contribution in [0.2, 0.25) is 0 Å². The van der Waals surface area contributed by atoms with E-state index in [1.54, 1.807) is 0 Å². The number of ether oxygens (including phenoxy) is 4. The third kappa shape index (κ3) is 60.1. The zero-order chi connectivity index (χ0) is 64.1. The van der Waals surface area contributed by atoms with Crippen LogP contribution in [0, 0.1) is 0 Å². The van der Waals surface area contributed by atoms with E-state index in [4.69, 9.17) is 18.9 Å². The second-order valence-electron chi connectivity index (χ2n) is 27.1. The molecule has 0 heterocycles. The van der Waals surface area contributed by atoms with Gasteiger partial charge in [-0.15, -0.1) is 0 Å². The average molecular weight is 1250 g/mol. The zero-order valence-corrected chi connectivity index (χ0v) is 59.1. The molecule has 0 aliphatic rings. The van der Waals surface area contributed by atoms with Gasteiger partial charge in [0, 0.05) is 25.7 Å². The fourth-order valence-corrected chi connectivity index (χ4v) is 12.6. The largest absolute Gasteiger partial charge is 0.456 e. The number of unbranched alkanes of at least 4 members (excludes halogenated alkanes) is 56. The lowest BCUT2D eigenvalue weighted by atomic mass is 10.0. The third-order valence-electron chi connectivity index (χ3n) is 18.5. The Hall–Kier alpha value is -2.20. The number of hydrogen-bond acceptors (Lipinski definition) is 10. The smallest absolute Gasteiger partial charge is 0.306 e. The summed E-state index contributed by atoms with van der Waals surface area (Å²) in [5.41, 5.74) is 0. The Kier molecular flexibility index (Phi) is 68.9. The van der Waals surface area contributed by atoms with Crippen LogP contribution < -0.4 is 0 Å². The van der Waals surface area contributed by atoms with E-state index in [2.05, 4.69) is 27.7 Å². The van der Waals surface area contributed by atoms with Crippen LogP contribution in [-0.2, 0) is 38.1 Å². The first-order valence-electron chi connectivity index (χ1n) is 39.3. The third-order valence-corrected chi connectivity index (χ3v) is 18.5. The summed E-state index contributed by atoms with van der Waals surface area (Å²) in [4.78, 5) is 55.0. The summed E-state index contributed by atoms with van der Waals surface area (Å²) in [6.07, 6.45) is 66.5. The molecule has 4 unspecified atom stereocenters. The van der Waals surface area contributed by atoms with E-state index < -0.39 is 61.5 Å². The second-order valence-corrected chi connectivity index (χ2v) is 27.1. The zero-order valence-electron chi connectivity index (χ0n) is 59.1. The minimum Gasteiger partial charge on any atom is -0.456 e. The Balaban J connectivity index is 5.81. The molecule has 10 nitrogen and oxygen atoms in total. The number of esters is 4. The molecule has 0 amide bonds. The van der Waals surface area contributed by atoms with Crippen LogP contribution in [0.1, 0.15) is 439 Å². The minimum atomic E-state index is -1.51. The van der Waals surface area contributed by atoms with Crippen molar-refractivity contribution < 1.29 is 48.3 Å². The maximum Gasteiger partial charge on any atom is 0.306 e. The van der Waals surface area contributed by atoms with Crippen molar-refractivity contribution >= 4 is 23.9 Å². The maximum absolute atomic E-state index is 13.9. The minimum absolute atomic E-state index is 0.0859. The summed E-state index contributed by atoms with van der Waals surface area (Å²) < 4.78 is 24.2. The van der Waals surface area contributed by atoms with Crippen LogP contribution in [0.25, 0.3) is 0 Å². The topological polar surface area (TPSA) is 146 Å². The van der Waals surface area contributed by atoms with Gasteiger partial charge in [-0.2, -0.15) is 0 Å². The molecular weight excluding hydrogens is 1100 g/mol. The van der Waals surface area contributed by atoms with Gasteiger partial charge in [0.2, 0.25) is 0 Å². The van der Waals surface area contributed by atoms with Crippen molar-refractivity contribution in [3.63, 3.8) is 0 Å². The number of hydrogen-bond donors (Lipinski definition) is 2. The summed E-state index contributed by atoms with van der Waals surface area (Å²) in [6, 6.07) is 0. The molecule has 10 heteroatoms. The van der Waals surface area contributed by atoms with Gasteiger partial charge in [-0.1, -0.05) is 387 Å². The summed E-state index contributed by atoms with van der Waals surface area (Å²) in [5.74, 6) is -2.27. The van der Waals surface area contributed by atoms with Gasteiger partial charge in [0.25, 0.3) is 0 Å². The van der Waals surface area contributed by atoms with Crippen molar-refractivity contribution in [2.24, 2.45) is 0 Å². The van der Waals surface area contributed by atoms with Crippen LogP contribution in [0.15, 0.2) is 0 Å². The van der Waals surface area contributed by atoms with Gasteiger partial charge in [-0.25, -0.2) is 0 Å². The molecule has 0 fully saturated rings. The van der Waals surface area contributed by atoms with E-state index in [1.807, 2.05) is 0 Å². The molecular formula is C78H150O10. The van der Waals surface area contributed by atoms with Crippen LogP contribution in [-0.4, -0.2) is 71.7 Å². The number of carbonyl (C=O) groups is 4. The molecule has 0 saturated heterocycles. The molecule has 2 N–H and O–H groups in total. The van der Waals surface area contributed by atoms with Crippen LogP contribution in [0.3, 0.4) is 0 Å². The number of carbonyl (C=O) groups excluding carboxylic acids is 4. The lowest BCUT2D eigenvalue weighted by Gasteiger charge is -2.35. The summed E-state index contributed by atoms with van der Waals surface area (Å²) in [7, 11) is 0. The SMILES string of the molecule is CCCCCCCCCCCCCCCCCC(=O)OC(CO)C(OC(=O)CCCCCCCCCCCCCCCCC)C(OC(=O)CCCCCCCCCCCCCCCCC)C(CO)OC(=O)CCCCCCCCCCCCCCCCC. The highest BCUT2D eigenvalue weighted by atomic mass is 16.6. The first-order valence-corrected chi connectivity index (χ1v) is 39.3. The number of rotatable bonds is 73. The monoisotopic (exact) mass is 1250 g/mol. The molecule has 0 bridgehead atoms. The van der Waals surface area contributed by atoms with E-state index in [9.17, 15) is 29.4 Å².